The van der Waals surface area contributed by atoms with Gasteiger partial charge in [0.15, 0.2) is 0 Å². The molecule has 0 amide bonds. The van der Waals surface area contributed by atoms with Gasteiger partial charge in [0.05, 0.1) is 4.47 Å². The topological polar surface area (TPSA) is 0 Å². The standard InChI is InChI=1S/C18H11Br2F/c19-16-7-6-14-9-12(3-5-15(14)11-16)1-2-13-4-8-17(20)18(21)10-13/h1-11H. The fourth-order valence-electron chi connectivity index (χ4n) is 2.15. The molecule has 0 aliphatic rings. The Morgan fingerprint density at radius 3 is 2.10 bits per heavy atom. The molecular formula is C18H11Br2F. The van der Waals surface area contributed by atoms with Crippen LogP contribution in [0.3, 0.4) is 0 Å². The van der Waals surface area contributed by atoms with E-state index in [-0.39, 0.29) is 5.82 Å². The minimum Gasteiger partial charge on any atom is -0.206 e. The minimum absolute atomic E-state index is 0.250. The molecule has 0 spiro atoms. The van der Waals surface area contributed by atoms with Gasteiger partial charge in [0.25, 0.3) is 0 Å². The normalized spacial score (nSPS) is 11.4. The van der Waals surface area contributed by atoms with Crippen LogP contribution in [-0.2, 0) is 0 Å². The Labute approximate surface area is 139 Å². The van der Waals surface area contributed by atoms with Crippen molar-refractivity contribution in [2.75, 3.05) is 0 Å². The van der Waals surface area contributed by atoms with E-state index in [1.54, 1.807) is 6.07 Å². The van der Waals surface area contributed by atoms with Crippen molar-refractivity contribution in [2.24, 2.45) is 0 Å². The van der Waals surface area contributed by atoms with E-state index < -0.39 is 0 Å². The van der Waals surface area contributed by atoms with Gasteiger partial charge in [-0.15, -0.1) is 0 Å². The Morgan fingerprint density at radius 1 is 0.714 bits per heavy atom. The molecule has 21 heavy (non-hydrogen) atoms. The summed E-state index contributed by atoms with van der Waals surface area (Å²) in [6.45, 7) is 0. The monoisotopic (exact) mass is 404 g/mol. The van der Waals surface area contributed by atoms with Crippen molar-refractivity contribution < 1.29 is 4.39 Å². The summed E-state index contributed by atoms with van der Waals surface area (Å²) in [6.07, 6.45) is 3.90. The first-order chi connectivity index (χ1) is 10.1. The van der Waals surface area contributed by atoms with Crippen molar-refractivity contribution in [1.29, 1.82) is 0 Å². The van der Waals surface area contributed by atoms with Gasteiger partial charge in [0.2, 0.25) is 0 Å². The maximum absolute atomic E-state index is 13.5. The summed E-state index contributed by atoms with van der Waals surface area (Å²) in [7, 11) is 0. The molecule has 0 aromatic heterocycles. The molecule has 3 heteroatoms. The second-order valence-corrected chi connectivity index (χ2v) is 6.53. The molecule has 0 fully saturated rings. The molecule has 3 rings (SSSR count). The highest BCUT2D eigenvalue weighted by Crippen LogP contribution is 2.22. The van der Waals surface area contributed by atoms with Gasteiger partial charge in [-0.05, 0) is 68.2 Å². The molecule has 104 valence electrons. The average Bonchev–Trinajstić information content (AvgIpc) is 2.48. The van der Waals surface area contributed by atoms with Crippen molar-refractivity contribution in [1.82, 2.24) is 0 Å². The van der Waals surface area contributed by atoms with Gasteiger partial charge >= 0.3 is 0 Å². The Hall–Kier alpha value is -1.45. The molecule has 0 saturated carbocycles. The second kappa shape index (κ2) is 6.12. The predicted octanol–water partition coefficient (Wildman–Crippen LogP) is 6.67. The van der Waals surface area contributed by atoms with Crippen LogP contribution in [0.2, 0.25) is 0 Å². The first kappa shape index (κ1) is 14.5. The van der Waals surface area contributed by atoms with E-state index in [2.05, 4.69) is 62.2 Å². The summed E-state index contributed by atoms with van der Waals surface area (Å²) in [5.74, 6) is -0.250. The van der Waals surface area contributed by atoms with Gasteiger partial charge in [0, 0.05) is 4.47 Å². The molecule has 0 aliphatic heterocycles. The van der Waals surface area contributed by atoms with E-state index in [1.165, 1.54) is 16.8 Å². The van der Waals surface area contributed by atoms with Crippen LogP contribution >= 0.6 is 31.9 Å². The molecule has 3 aromatic rings. The van der Waals surface area contributed by atoms with Gasteiger partial charge < -0.3 is 0 Å². The number of rotatable bonds is 2. The fourth-order valence-corrected chi connectivity index (χ4v) is 2.77. The predicted molar refractivity (Wildman–Crippen MR) is 94.7 cm³/mol. The van der Waals surface area contributed by atoms with Crippen LogP contribution in [0.4, 0.5) is 4.39 Å². The molecule has 0 nitrogen and oxygen atoms in total. The maximum Gasteiger partial charge on any atom is 0.137 e. The van der Waals surface area contributed by atoms with Gasteiger partial charge in [0.1, 0.15) is 5.82 Å². The van der Waals surface area contributed by atoms with E-state index in [0.717, 1.165) is 15.6 Å². The molecule has 0 saturated heterocycles. The number of benzene rings is 3. The zero-order chi connectivity index (χ0) is 14.8. The molecule has 0 unspecified atom stereocenters. The van der Waals surface area contributed by atoms with Crippen LogP contribution in [0.25, 0.3) is 22.9 Å². The summed E-state index contributed by atoms with van der Waals surface area (Å²) in [4.78, 5) is 0. The molecular weight excluding hydrogens is 395 g/mol. The molecule has 0 heterocycles. The summed E-state index contributed by atoms with van der Waals surface area (Å²) in [5.41, 5.74) is 1.93. The Morgan fingerprint density at radius 2 is 1.33 bits per heavy atom. The number of hydrogen-bond acceptors (Lipinski definition) is 0. The van der Waals surface area contributed by atoms with E-state index >= 15 is 0 Å². The zero-order valence-electron chi connectivity index (χ0n) is 11.0. The van der Waals surface area contributed by atoms with Crippen molar-refractivity contribution in [2.45, 2.75) is 0 Å². The molecule has 3 aromatic carbocycles. The van der Waals surface area contributed by atoms with E-state index in [0.29, 0.717) is 4.47 Å². The number of halogens is 3. The summed E-state index contributed by atoms with van der Waals surface area (Å²) < 4.78 is 15.0. The van der Waals surface area contributed by atoms with Crippen LogP contribution < -0.4 is 0 Å². The SMILES string of the molecule is Fc1cc(C=Cc2ccc3cc(Br)ccc3c2)ccc1Br. The lowest BCUT2D eigenvalue weighted by Crippen LogP contribution is -1.79. The third-order valence-corrected chi connectivity index (χ3v) is 4.37. The quantitative estimate of drug-likeness (QED) is 0.417. The van der Waals surface area contributed by atoms with Gasteiger partial charge in [-0.2, -0.15) is 0 Å². The first-order valence-electron chi connectivity index (χ1n) is 6.44. The fraction of sp³-hybridized carbons (Fsp3) is 0. The Bertz CT molecular complexity index is 838. The zero-order valence-corrected chi connectivity index (χ0v) is 14.2. The maximum atomic E-state index is 13.5. The molecule has 0 bridgehead atoms. The highest BCUT2D eigenvalue weighted by atomic mass is 79.9. The average molecular weight is 406 g/mol. The van der Waals surface area contributed by atoms with Gasteiger partial charge in [-0.25, -0.2) is 4.39 Å². The highest BCUT2D eigenvalue weighted by Gasteiger charge is 1.99. The van der Waals surface area contributed by atoms with Crippen LogP contribution in [-0.4, -0.2) is 0 Å². The van der Waals surface area contributed by atoms with E-state index in [4.69, 9.17) is 0 Å². The number of hydrogen-bond donors (Lipinski definition) is 0. The van der Waals surface area contributed by atoms with Crippen LogP contribution in [0.15, 0.2) is 63.5 Å². The molecule has 0 atom stereocenters. The van der Waals surface area contributed by atoms with E-state index in [9.17, 15) is 4.39 Å². The molecule has 0 radical (unpaired) electrons. The van der Waals surface area contributed by atoms with Crippen molar-refractivity contribution >= 4 is 54.8 Å². The molecule has 0 N–H and O–H groups in total. The summed E-state index contributed by atoms with van der Waals surface area (Å²) >= 11 is 6.63. The van der Waals surface area contributed by atoms with Gasteiger partial charge in [-0.3, -0.25) is 0 Å². The van der Waals surface area contributed by atoms with E-state index in [1.807, 2.05) is 24.3 Å². The van der Waals surface area contributed by atoms with Gasteiger partial charge in [-0.1, -0.05) is 52.3 Å². The van der Waals surface area contributed by atoms with Crippen LogP contribution in [0.5, 0.6) is 0 Å². The Balaban J connectivity index is 1.91. The smallest absolute Gasteiger partial charge is 0.137 e. The minimum atomic E-state index is -0.250. The lowest BCUT2D eigenvalue weighted by molar-refractivity contribution is 0.621. The second-order valence-electron chi connectivity index (χ2n) is 4.76. The largest absolute Gasteiger partial charge is 0.206 e. The highest BCUT2D eigenvalue weighted by molar-refractivity contribution is 9.10. The summed E-state index contributed by atoms with van der Waals surface area (Å²) in [6, 6.07) is 17.6. The van der Waals surface area contributed by atoms with Crippen LogP contribution in [0.1, 0.15) is 11.1 Å². The third kappa shape index (κ3) is 3.42. The van der Waals surface area contributed by atoms with Crippen LogP contribution in [0, 0.1) is 5.82 Å². The third-order valence-electron chi connectivity index (χ3n) is 3.24. The lowest BCUT2D eigenvalue weighted by atomic mass is 10.1. The summed E-state index contributed by atoms with van der Waals surface area (Å²) in [5, 5.41) is 2.37. The van der Waals surface area contributed by atoms with Crippen molar-refractivity contribution in [3.05, 3.63) is 80.5 Å². The first-order valence-corrected chi connectivity index (χ1v) is 8.03. The van der Waals surface area contributed by atoms with Crippen molar-refractivity contribution in [3.8, 4) is 0 Å². The Kier molecular flexibility index (Phi) is 4.22. The lowest BCUT2D eigenvalue weighted by Gasteiger charge is -2.01. The number of fused-ring (bicyclic) bond motifs is 1. The van der Waals surface area contributed by atoms with Crippen molar-refractivity contribution in [3.63, 3.8) is 0 Å². The molecule has 0 aliphatic carbocycles.